The van der Waals surface area contributed by atoms with Crippen molar-refractivity contribution in [2.45, 2.75) is 52.2 Å². The minimum absolute atomic E-state index is 0. The van der Waals surface area contributed by atoms with E-state index in [0.29, 0.717) is 18.7 Å². The minimum atomic E-state index is 0. The summed E-state index contributed by atoms with van der Waals surface area (Å²) in [5, 5.41) is 8.15. The van der Waals surface area contributed by atoms with Gasteiger partial charge in [-0.1, -0.05) is 18.2 Å². The number of halogens is 1. The molecule has 2 heterocycles. The third-order valence-corrected chi connectivity index (χ3v) is 5.24. The van der Waals surface area contributed by atoms with E-state index in [1.807, 2.05) is 18.2 Å². The summed E-state index contributed by atoms with van der Waals surface area (Å²) in [6, 6.07) is 10.7. The Labute approximate surface area is 197 Å². The summed E-state index contributed by atoms with van der Waals surface area (Å²) in [4.78, 5) is 7.25. The lowest BCUT2D eigenvalue weighted by Crippen LogP contribution is -2.49. The molecule has 1 fully saturated rings. The number of guanidine groups is 1. The first-order valence-electron chi connectivity index (χ1n) is 11.0. The maximum atomic E-state index is 5.89. The smallest absolute Gasteiger partial charge is 0.191 e. The molecule has 0 saturated carbocycles. The zero-order chi connectivity index (χ0) is 20.5. The van der Waals surface area contributed by atoms with Crippen LogP contribution < -0.4 is 10.6 Å². The molecule has 1 aliphatic rings. The first-order chi connectivity index (χ1) is 14.1. The maximum Gasteiger partial charge on any atom is 0.191 e. The van der Waals surface area contributed by atoms with E-state index in [1.165, 1.54) is 0 Å². The van der Waals surface area contributed by atoms with Crippen LogP contribution in [0.3, 0.4) is 0 Å². The van der Waals surface area contributed by atoms with Gasteiger partial charge in [0, 0.05) is 50.6 Å². The third kappa shape index (κ3) is 8.07. The predicted molar refractivity (Wildman–Crippen MR) is 135 cm³/mol. The number of fused-ring (bicyclic) bond motifs is 1. The third-order valence-electron chi connectivity index (χ3n) is 5.24. The number of piperidine rings is 1. The number of ether oxygens (including phenoxy) is 1. The van der Waals surface area contributed by atoms with Crippen LogP contribution in [-0.2, 0) is 11.2 Å². The van der Waals surface area contributed by atoms with E-state index in [2.05, 4.69) is 48.4 Å². The van der Waals surface area contributed by atoms with Gasteiger partial charge in [-0.25, -0.2) is 0 Å². The fourth-order valence-corrected chi connectivity index (χ4v) is 3.67. The van der Waals surface area contributed by atoms with Gasteiger partial charge < -0.3 is 24.7 Å². The average molecular weight is 528 g/mol. The summed E-state index contributed by atoms with van der Waals surface area (Å²) in [6.45, 7) is 11.9. The molecule has 0 bridgehead atoms. The van der Waals surface area contributed by atoms with Crippen LogP contribution in [0, 0.1) is 0 Å². The number of likely N-dealkylation sites (tertiary alicyclic amines) is 1. The molecule has 1 aliphatic heterocycles. The quantitative estimate of drug-likeness (QED) is 0.292. The number of nitrogens with zero attached hydrogens (tertiary/aromatic N) is 2. The van der Waals surface area contributed by atoms with Gasteiger partial charge in [-0.3, -0.25) is 4.99 Å². The topological polar surface area (TPSA) is 62.0 Å². The number of benzene rings is 1. The van der Waals surface area contributed by atoms with Gasteiger partial charge in [0.05, 0.1) is 12.7 Å². The lowest BCUT2D eigenvalue weighted by atomic mass is 10.1. The van der Waals surface area contributed by atoms with Crippen molar-refractivity contribution in [1.29, 1.82) is 0 Å². The molecule has 0 radical (unpaired) electrons. The number of hydrogen-bond donors (Lipinski definition) is 2. The van der Waals surface area contributed by atoms with E-state index in [0.717, 1.165) is 74.7 Å². The fraction of sp³-hybridized carbons (Fsp3) is 0.609. The predicted octanol–water partition coefficient (Wildman–Crippen LogP) is 4.04. The zero-order valence-corrected chi connectivity index (χ0v) is 20.9. The molecule has 1 saturated heterocycles. The number of aliphatic imine (C=N–C) groups is 1. The summed E-state index contributed by atoms with van der Waals surface area (Å²) in [6.07, 6.45) is 3.39. The van der Waals surface area contributed by atoms with Crippen molar-refractivity contribution in [2.24, 2.45) is 4.99 Å². The summed E-state index contributed by atoms with van der Waals surface area (Å²) < 4.78 is 11.6. The van der Waals surface area contributed by atoms with Gasteiger partial charge in [0.25, 0.3) is 0 Å². The standard InChI is InChI=1S/C23H36N4O2.HI/c1-4-24-23(25-12-9-21-17-19-7-5-6-8-22(19)29-21)26-20-10-13-27(14-11-20)15-16-28-18(2)3;/h5-8,17-18,20H,4,9-16H2,1-3H3,(H2,24,25,26);1H. The van der Waals surface area contributed by atoms with E-state index in [-0.39, 0.29) is 24.0 Å². The maximum absolute atomic E-state index is 5.89. The molecule has 7 heteroatoms. The van der Waals surface area contributed by atoms with Crippen molar-refractivity contribution in [1.82, 2.24) is 15.5 Å². The fourth-order valence-electron chi connectivity index (χ4n) is 3.67. The van der Waals surface area contributed by atoms with E-state index >= 15 is 0 Å². The zero-order valence-electron chi connectivity index (χ0n) is 18.5. The summed E-state index contributed by atoms with van der Waals surface area (Å²) in [7, 11) is 0. The summed E-state index contributed by atoms with van der Waals surface area (Å²) in [5.41, 5.74) is 0.946. The molecular weight excluding hydrogens is 491 g/mol. The van der Waals surface area contributed by atoms with Crippen molar-refractivity contribution >= 4 is 40.9 Å². The molecule has 3 rings (SSSR count). The Hall–Kier alpha value is -1.32. The van der Waals surface area contributed by atoms with Crippen molar-refractivity contribution in [3.63, 3.8) is 0 Å². The highest BCUT2D eigenvalue weighted by Gasteiger charge is 2.19. The first-order valence-corrected chi connectivity index (χ1v) is 11.0. The van der Waals surface area contributed by atoms with Crippen LogP contribution in [0.15, 0.2) is 39.7 Å². The van der Waals surface area contributed by atoms with Crippen molar-refractivity contribution in [3.05, 3.63) is 36.1 Å². The van der Waals surface area contributed by atoms with E-state index in [4.69, 9.17) is 14.1 Å². The lowest BCUT2D eigenvalue weighted by Gasteiger charge is -2.33. The lowest BCUT2D eigenvalue weighted by molar-refractivity contribution is 0.0532. The van der Waals surface area contributed by atoms with Crippen molar-refractivity contribution in [3.8, 4) is 0 Å². The van der Waals surface area contributed by atoms with Gasteiger partial charge in [-0.2, -0.15) is 0 Å². The van der Waals surface area contributed by atoms with E-state index in [9.17, 15) is 0 Å². The van der Waals surface area contributed by atoms with Crippen LogP contribution in [-0.4, -0.2) is 62.3 Å². The molecule has 2 aromatic rings. The molecule has 1 aromatic heterocycles. The van der Waals surface area contributed by atoms with Gasteiger partial charge in [-0.15, -0.1) is 24.0 Å². The van der Waals surface area contributed by atoms with Crippen LogP contribution in [0.5, 0.6) is 0 Å². The van der Waals surface area contributed by atoms with Crippen LogP contribution in [0.4, 0.5) is 0 Å². The number of furan rings is 1. The first kappa shape index (κ1) is 24.9. The van der Waals surface area contributed by atoms with Gasteiger partial charge in [0.1, 0.15) is 11.3 Å². The van der Waals surface area contributed by atoms with Gasteiger partial charge in [0.15, 0.2) is 5.96 Å². The molecule has 6 nitrogen and oxygen atoms in total. The Morgan fingerprint density at radius 2 is 2.03 bits per heavy atom. The molecule has 168 valence electrons. The second-order valence-corrected chi connectivity index (χ2v) is 7.94. The van der Waals surface area contributed by atoms with Crippen LogP contribution in [0.25, 0.3) is 11.0 Å². The number of rotatable bonds is 9. The van der Waals surface area contributed by atoms with Crippen LogP contribution >= 0.6 is 24.0 Å². The molecular formula is C23H37IN4O2. The molecule has 0 unspecified atom stereocenters. The van der Waals surface area contributed by atoms with Gasteiger partial charge in [-0.05, 0) is 45.7 Å². The average Bonchev–Trinajstić information content (AvgIpc) is 3.12. The monoisotopic (exact) mass is 528 g/mol. The molecule has 1 aromatic carbocycles. The highest BCUT2D eigenvalue weighted by molar-refractivity contribution is 14.0. The normalized spacial score (nSPS) is 16.1. The molecule has 2 N–H and O–H groups in total. The Morgan fingerprint density at radius 1 is 1.27 bits per heavy atom. The molecule has 30 heavy (non-hydrogen) atoms. The number of para-hydroxylation sites is 1. The Balaban J connectivity index is 0.00000320. The summed E-state index contributed by atoms with van der Waals surface area (Å²) in [5.74, 6) is 1.90. The largest absolute Gasteiger partial charge is 0.461 e. The second-order valence-electron chi connectivity index (χ2n) is 7.94. The summed E-state index contributed by atoms with van der Waals surface area (Å²) >= 11 is 0. The van der Waals surface area contributed by atoms with E-state index < -0.39 is 0 Å². The molecule has 0 aliphatic carbocycles. The molecule has 0 spiro atoms. The SMILES string of the molecule is CCNC(=NCCc1cc2ccccc2o1)NC1CCN(CCOC(C)C)CC1.I. The molecule has 0 amide bonds. The minimum Gasteiger partial charge on any atom is -0.461 e. The van der Waals surface area contributed by atoms with E-state index in [1.54, 1.807) is 0 Å². The highest BCUT2D eigenvalue weighted by Crippen LogP contribution is 2.19. The Morgan fingerprint density at radius 3 is 2.73 bits per heavy atom. The Bertz CT molecular complexity index is 736. The number of hydrogen-bond acceptors (Lipinski definition) is 4. The van der Waals surface area contributed by atoms with Crippen molar-refractivity contribution < 1.29 is 9.15 Å². The second kappa shape index (κ2) is 13.2. The number of nitrogens with one attached hydrogen (secondary N) is 2. The van der Waals surface area contributed by atoms with Gasteiger partial charge >= 0.3 is 0 Å². The highest BCUT2D eigenvalue weighted by atomic mass is 127. The van der Waals surface area contributed by atoms with Crippen LogP contribution in [0.1, 0.15) is 39.4 Å². The van der Waals surface area contributed by atoms with Gasteiger partial charge in [0.2, 0.25) is 0 Å². The Kier molecular flexibility index (Phi) is 11.0. The van der Waals surface area contributed by atoms with Crippen molar-refractivity contribution in [2.75, 3.05) is 39.3 Å². The van der Waals surface area contributed by atoms with Crippen LogP contribution in [0.2, 0.25) is 0 Å². The molecule has 0 atom stereocenters.